The van der Waals surface area contributed by atoms with Gasteiger partial charge in [-0.1, -0.05) is 30.3 Å². The SMILES string of the molecule is CCNc1ncc(CN2CCC[C@@H](c3ccccc3)C2)cn1. The lowest BCUT2D eigenvalue weighted by Crippen LogP contribution is -2.33. The van der Waals surface area contributed by atoms with Gasteiger partial charge in [0.25, 0.3) is 0 Å². The number of likely N-dealkylation sites (tertiary alicyclic amines) is 1. The van der Waals surface area contributed by atoms with E-state index in [0.29, 0.717) is 11.9 Å². The second kappa shape index (κ2) is 7.36. The summed E-state index contributed by atoms with van der Waals surface area (Å²) in [6.45, 7) is 6.13. The van der Waals surface area contributed by atoms with Gasteiger partial charge in [-0.15, -0.1) is 0 Å². The summed E-state index contributed by atoms with van der Waals surface area (Å²) in [6.07, 6.45) is 6.43. The molecule has 1 aromatic heterocycles. The molecule has 1 aliphatic rings. The van der Waals surface area contributed by atoms with Crippen molar-refractivity contribution in [2.75, 3.05) is 25.0 Å². The fraction of sp³-hybridized carbons (Fsp3) is 0.444. The highest BCUT2D eigenvalue weighted by Crippen LogP contribution is 2.27. The molecule has 3 rings (SSSR count). The number of nitrogens with zero attached hydrogens (tertiary/aromatic N) is 3. The number of aromatic nitrogens is 2. The Morgan fingerprint density at radius 2 is 1.95 bits per heavy atom. The first-order chi connectivity index (χ1) is 10.8. The summed E-state index contributed by atoms with van der Waals surface area (Å²) in [5.41, 5.74) is 2.65. The number of hydrogen-bond donors (Lipinski definition) is 1. The molecule has 22 heavy (non-hydrogen) atoms. The Balaban J connectivity index is 1.60. The number of nitrogens with one attached hydrogen (secondary N) is 1. The van der Waals surface area contributed by atoms with Crippen LogP contribution in [0.5, 0.6) is 0 Å². The smallest absolute Gasteiger partial charge is 0.222 e. The molecule has 4 nitrogen and oxygen atoms in total. The van der Waals surface area contributed by atoms with Gasteiger partial charge in [-0.3, -0.25) is 4.90 Å². The second-order valence-corrected chi connectivity index (χ2v) is 5.93. The molecule has 2 aromatic rings. The van der Waals surface area contributed by atoms with E-state index in [0.717, 1.165) is 26.2 Å². The molecule has 0 aliphatic carbocycles. The van der Waals surface area contributed by atoms with Gasteiger partial charge in [-0.05, 0) is 37.8 Å². The maximum absolute atomic E-state index is 4.36. The Hall–Kier alpha value is -1.94. The highest BCUT2D eigenvalue weighted by Gasteiger charge is 2.21. The van der Waals surface area contributed by atoms with Crippen molar-refractivity contribution in [3.63, 3.8) is 0 Å². The minimum Gasteiger partial charge on any atom is -0.355 e. The van der Waals surface area contributed by atoms with Crippen LogP contribution in [-0.2, 0) is 6.54 Å². The molecule has 1 saturated heterocycles. The number of hydrogen-bond acceptors (Lipinski definition) is 4. The molecular formula is C18H24N4. The quantitative estimate of drug-likeness (QED) is 0.919. The van der Waals surface area contributed by atoms with Crippen LogP contribution in [0, 0.1) is 0 Å². The van der Waals surface area contributed by atoms with Crippen LogP contribution in [0.1, 0.15) is 36.8 Å². The van der Waals surface area contributed by atoms with Gasteiger partial charge in [0.15, 0.2) is 0 Å². The highest BCUT2D eigenvalue weighted by atomic mass is 15.1. The molecule has 116 valence electrons. The van der Waals surface area contributed by atoms with Crippen molar-refractivity contribution in [3.8, 4) is 0 Å². The molecule has 4 heteroatoms. The lowest BCUT2D eigenvalue weighted by Gasteiger charge is -2.32. The van der Waals surface area contributed by atoms with Crippen LogP contribution in [0.3, 0.4) is 0 Å². The third-order valence-corrected chi connectivity index (χ3v) is 4.22. The van der Waals surface area contributed by atoms with E-state index < -0.39 is 0 Å². The molecule has 0 spiro atoms. The van der Waals surface area contributed by atoms with Gasteiger partial charge in [0.1, 0.15) is 0 Å². The molecule has 1 N–H and O–H groups in total. The molecule has 1 fully saturated rings. The largest absolute Gasteiger partial charge is 0.355 e. The molecule has 1 atom stereocenters. The molecule has 0 amide bonds. The first-order valence-corrected chi connectivity index (χ1v) is 8.17. The van der Waals surface area contributed by atoms with E-state index in [1.165, 1.54) is 24.0 Å². The van der Waals surface area contributed by atoms with Gasteiger partial charge in [0, 0.05) is 37.6 Å². The fourth-order valence-corrected chi connectivity index (χ4v) is 3.14. The van der Waals surface area contributed by atoms with E-state index >= 15 is 0 Å². The van der Waals surface area contributed by atoms with Gasteiger partial charge in [-0.2, -0.15) is 0 Å². The molecule has 1 aromatic carbocycles. The molecule has 2 heterocycles. The Morgan fingerprint density at radius 1 is 1.18 bits per heavy atom. The van der Waals surface area contributed by atoms with Crippen molar-refractivity contribution in [1.82, 2.24) is 14.9 Å². The minimum atomic E-state index is 0.650. The van der Waals surface area contributed by atoms with Crippen molar-refractivity contribution in [3.05, 3.63) is 53.9 Å². The van der Waals surface area contributed by atoms with Gasteiger partial charge in [0.05, 0.1) is 0 Å². The van der Waals surface area contributed by atoms with Crippen molar-refractivity contribution >= 4 is 5.95 Å². The number of anilines is 1. The Labute approximate surface area is 132 Å². The van der Waals surface area contributed by atoms with E-state index in [1.807, 2.05) is 12.4 Å². The third kappa shape index (κ3) is 3.83. The van der Waals surface area contributed by atoms with Crippen molar-refractivity contribution in [2.45, 2.75) is 32.2 Å². The zero-order chi connectivity index (χ0) is 15.2. The topological polar surface area (TPSA) is 41.1 Å². The van der Waals surface area contributed by atoms with E-state index in [-0.39, 0.29) is 0 Å². The Kier molecular flexibility index (Phi) is 5.01. The predicted octanol–water partition coefficient (Wildman–Crippen LogP) is 3.29. The highest BCUT2D eigenvalue weighted by molar-refractivity contribution is 5.24. The average molecular weight is 296 g/mol. The van der Waals surface area contributed by atoms with Gasteiger partial charge in [-0.25, -0.2) is 9.97 Å². The number of rotatable bonds is 5. The van der Waals surface area contributed by atoms with Gasteiger partial charge >= 0.3 is 0 Å². The summed E-state index contributed by atoms with van der Waals surface area (Å²) in [6, 6.07) is 10.9. The van der Waals surface area contributed by atoms with E-state index in [4.69, 9.17) is 0 Å². The first kappa shape index (κ1) is 15.0. The minimum absolute atomic E-state index is 0.650. The van der Waals surface area contributed by atoms with Crippen molar-refractivity contribution in [2.24, 2.45) is 0 Å². The van der Waals surface area contributed by atoms with Crippen LogP contribution in [0.2, 0.25) is 0 Å². The van der Waals surface area contributed by atoms with Crippen LogP contribution in [0.4, 0.5) is 5.95 Å². The standard InChI is InChI=1S/C18H24N4/c1-2-19-18-20-11-15(12-21-18)13-22-10-6-9-17(14-22)16-7-4-3-5-8-16/h3-5,7-8,11-12,17H,2,6,9-10,13-14H2,1H3,(H,19,20,21)/t17-/m1/s1. The lowest BCUT2D eigenvalue weighted by atomic mass is 9.90. The maximum Gasteiger partial charge on any atom is 0.222 e. The summed E-state index contributed by atoms with van der Waals surface area (Å²) in [4.78, 5) is 11.2. The number of piperidine rings is 1. The first-order valence-electron chi connectivity index (χ1n) is 8.17. The van der Waals surface area contributed by atoms with Gasteiger partial charge < -0.3 is 5.32 Å². The predicted molar refractivity (Wildman–Crippen MR) is 89.9 cm³/mol. The van der Waals surface area contributed by atoms with Crippen LogP contribution in [0.15, 0.2) is 42.7 Å². The molecule has 0 bridgehead atoms. The summed E-state index contributed by atoms with van der Waals surface area (Å²) in [5.74, 6) is 1.36. The monoisotopic (exact) mass is 296 g/mol. The second-order valence-electron chi connectivity index (χ2n) is 5.93. The average Bonchev–Trinajstić information content (AvgIpc) is 2.58. The van der Waals surface area contributed by atoms with Crippen LogP contribution in [-0.4, -0.2) is 34.5 Å². The molecule has 0 unspecified atom stereocenters. The van der Waals surface area contributed by atoms with Crippen molar-refractivity contribution in [1.29, 1.82) is 0 Å². The van der Waals surface area contributed by atoms with E-state index in [1.54, 1.807) is 0 Å². The van der Waals surface area contributed by atoms with Crippen LogP contribution in [0.25, 0.3) is 0 Å². The van der Waals surface area contributed by atoms with E-state index in [9.17, 15) is 0 Å². The number of benzene rings is 1. The summed E-state index contributed by atoms with van der Waals surface area (Å²) < 4.78 is 0. The Morgan fingerprint density at radius 3 is 2.68 bits per heavy atom. The summed E-state index contributed by atoms with van der Waals surface area (Å²) >= 11 is 0. The normalized spacial score (nSPS) is 19.0. The molecule has 0 saturated carbocycles. The fourth-order valence-electron chi connectivity index (χ4n) is 3.14. The molecule has 0 radical (unpaired) electrons. The third-order valence-electron chi connectivity index (χ3n) is 4.22. The maximum atomic E-state index is 4.36. The summed E-state index contributed by atoms with van der Waals surface area (Å²) in [7, 11) is 0. The summed E-state index contributed by atoms with van der Waals surface area (Å²) in [5, 5.41) is 3.13. The zero-order valence-corrected chi connectivity index (χ0v) is 13.2. The van der Waals surface area contributed by atoms with E-state index in [2.05, 4.69) is 57.4 Å². The van der Waals surface area contributed by atoms with Gasteiger partial charge in [0.2, 0.25) is 5.95 Å². The van der Waals surface area contributed by atoms with Crippen LogP contribution < -0.4 is 5.32 Å². The van der Waals surface area contributed by atoms with Crippen LogP contribution >= 0.6 is 0 Å². The molecule has 1 aliphatic heterocycles. The molecular weight excluding hydrogens is 272 g/mol. The Bertz CT molecular complexity index is 567. The van der Waals surface area contributed by atoms with Crippen molar-refractivity contribution < 1.29 is 0 Å². The zero-order valence-electron chi connectivity index (χ0n) is 13.2. The lowest BCUT2D eigenvalue weighted by molar-refractivity contribution is 0.200.